The zero-order valence-electron chi connectivity index (χ0n) is 10.2. The summed E-state index contributed by atoms with van der Waals surface area (Å²) in [6.45, 7) is 0.186. The van der Waals surface area contributed by atoms with Crippen molar-refractivity contribution in [2.45, 2.75) is 11.7 Å². The van der Waals surface area contributed by atoms with Crippen LogP contribution >= 0.6 is 11.8 Å². The lowest BCUT2D eigenvalue weighted by atomic mass is 10.2. The average Bonchev–Trinajstić information content (AvgIpc) is 2.46. The van der Waals surface area contributed by atoms with E-state index in [0.717, 1.165) is 12.2 Å². The van der Waals surface area contributed by atoms with Crippen molar-refractivity contribution in [3.8, 4) is 0 Å². The molecule has 0 fully saturated rings. The highest BCUT2D eigenvalue weighted by molar-refractivity contribution is 7.99. The summed E-state index contributed by atoms with van der Waals surface area (Å²) in [5.74, 6) is 1.00. The highest BCUT2D eigenvalue weighted by Crippen LogP contribution is 2.28. The van der Waals surface area contributed by atoms with Crippen molar-refractivity contribution >= 4 is 11.8 Å². The van der Waals surface area contributed by atoms with Crippen LogP contribution in [0.4, 0.5) is 0 Å². The second-order valence-corrected chi connectivity index (χ2v) is 5.37. The summed E-state index contributed by atoms with van der Waals surface area (Å²) in [5.41, 5.74) is 2.49. The van der Waals surface area contributed by atoms with E-state index < -0.39 is 0 Å². The van der Waals surface area contributed by atoms with E-state index in [1.54, 1.807) is 11.8 Å². The van der Waals surface area contributed by atoms with Gasteiger partial charge in [-0.1, -0.05) is 30.3 Å². The summed E-state index contributed by atoms with van der Waals surface area (Å²) in [7, 11) is 0. The predicted octanol–water partition coefficient (Wildman–Crippen LogP) is 3.09. The molecular formula is C15H17NOS. The SMILES string of the molecule is OCC(SCCc1ccncc1)c1ccccc1. The molecule has 18 heavy (non-hydrogen) atoms. The van der Waals surface area contributed by atoms with Gasteiger partial charge in [-0.25, -0.2) is 0 Å². The van der Waals surface area contributed by atoms with Crippen LogP contribution in [-0.2, 0) is 6.42 Å². The van der Waals surface area contributed by atoms with Gasteiger partial charge < -0.3 is 5.11 Å². The number of hydrogen-bond acceptors (Lipinski definition) is 3. The Balaban J connectivity index is 1.85. The third kappa shape index (κ3) is 3.86. The molecule has 0 saturated heterocycles. The monoisotopic (exact) mass is 259 g/mol. The Morgan fingerprint density at radius 2 is 1.78 bits per heavy atom. The van der Waals surface area contributed by atoms with Crippen molar-refractivity contribution in [2.75, 3.05) is 12.4 Å². The fraction of sp³-hybridized carbons (Fsp3) is 0.267. The summed E-state index contributed by atoms with van der Waals surface area (Å²) >= 11 is 1.80. The quantitative estimate of drug-likeness (QED) is 0.865. The molecule has 1 heterocycles. The Morgan fingerprint density at radius 1 is 1.06 bits per heavy atom. The molecule has 0 saturated carbocycles. The fourth-order valence-corrected chi connectivity index (χ4v) is 2.88. The lowest BCUT2D eigenvalue weighted by molar-refractivity contribution is 0.296. The lowest BCUT2D eigenvalue weighted by Gasteiger charge is -2.14. The highest BCUT2D eigenvalue weighted by Gasteiger charge is 2.09. The van der Waals surface area contributed by atoms with Gasteiger partial charge in [-0.15, -0.1) is 0 Å². The van der Waals surface area contributed by atoms with Crippen LogP contribution in [0.3, 0.4) is 0 Å². The number of rotatable bonds is 6. The zero-order valence-corrected chi connectivity index (χ0v) is 11.0. The van der Waals surface area contributed by atoms with Gasteiger partial charge in [-0.05, 0) is 35.4 Å². The molecule has 0 aliphatic carbocycles. The number of aromatic nitrogens is 1. The van der Waals surface area contributed by atoms with Crippen molar-refractivity contribution in [2.24, 2.45) is 0 Å². The van der Waals surface area contributed by atoms with Gasteiger partial charge in [0.15, 0.2) is 0 Å². The van der Waals surface area contributed by atoms with Crippen LogP contribution in [0.25, 0.3) is 0 Å². The van der Waals surface area contributed by atoms with Crippen molar-refractivity contribution in [3.63, 3.8) is 0 Å². The van der Waals surface area contributed by atoms with Crippen molar-refractivity contribution in [1.29, 1.82) is 0 Å². The van der Waals surface area contributed by atoms with Gasteiger partial charge in [0.25, 0.3) is 0 Å². The molecule has 0 aliphatic heterocycles. The molecule has 1 aromatic heterocycles. The van der Waals surface area contributed by atoms with E-state index in [0.29, 0.717) is 0 Å². The minimum Gasteiger partial charge on any atom is -0.395 e. The number of thioether (sulfide) groups is 1. The fourth-order valence-electron chi connectivity index (χ4n) is 1.79. The van der Waals surface area contributed by atoms with Gasteiger partial charge in [-0.3, -0.25) is 4.98 Å². The second kappa shape index (κ2) is 7.19. The smallest absolute Gasteiger partial charge is 0.0591 e. The number of aryl methyl sites for hydroxylation is 1. The Morgan fingerprint density at radius 3 is 2.44 bits per heavy atom. The second-order valence-electron chi connectivity index (χ2n) is 4.06. The summed E-state index contributed by atoms with van der Waals surface area (Å²) in [4.78, 5) is 4.01. The Hall–Kier alpha value is -1.32. The van der Waals surface area contributed by atoms with Gasteiger partial charge >= 0.3 is 0 Å². The third-order valence-corrected chi connectivity index (χ3v) is 4.06. The van der Waals surface area contributed by atoms with Crippen molar-refractivity contribution < 1.29 is 5.11 Å². The van der Waals surface area contributed by atoms with Crippen LogP contribution < -0.4 is 0 Å². The first-order chi connectivity index (χ1) is 8.90. The molecule has 2 nitrogen and oxygen atoms in total. The van der Waals surface area contributed by atoms with Crippen LogP contribution in [0.2, 0.25) is 0 Å². The molecule has 94 valence electrons. The predicted molar refractivity (Wildman–Crippen MR) is 76.7 cm³/mol. The third-order valence-electron chi connectivity index (χ3n) is 2.80. The number of hydrogen-bond donors (Lipinski definition) is 1. The first kappa shape index (κ1) is 13.1. The van der Waals surface area contributed by atoms with E-state index in [9.17, 15) is 5.11 Å². The molecule has 0 spiro atoms. The minimum atomic E-state index is 0.174. The maximum Gasteiger partial charge on any atom is 0.0591 e. The molecule has 3 heteroatoms. The van der Waals surface area contributed by atoms with Gasteiger partial charge in [0.2, 0.25) is 0 Å². The van der Waals surface area contributed by atoms with Crippen LogP contribution in [0, 0.1) is 0 Å². The average molecular weight is 259 g/mol. The minimum absolute atomic E-state index is 0.174. The first-order valence-electron chi connectivity index (χ1n) is 6.06. The van der Waals surface area contributed by atoms with Gasteiger partial charge in [0.1, 0.15) is 0 Å². The summed E-state index contributed by atoms with van der Waals surface area (Å²) in [5, 5.41) is 9.62. The van der Waals surface area contributed by atoms with E-state index in [-0.39, 0.29) is 11.9 Å². The largest absolute Gasteiger partial charge is 0.395 e. The normalized spacial score (nSPS) is 12.3. The Labute approximate surface area is 112 Å². The van der Waals surface area contributed by atoms with E-state index in [1.807, 2.05) is 42.7 Å². The molecule has 1 unspecified atom stereocenters. The molecule has 0 aliphatic rings. The van der Waals surface area contributed by atoms with E-state index in [1.165, 1.54) is 11.1 Å². The number of benzene rings is 1. The molecule has 2 rings (SSSR count). The lowest BCUT2D eigenvalue weighted by Crippen LogP contribution is -2.01. The standard InChI is InChI=1S/C15H17NOS/c17-12-15(14-4-2-1-3-5-14)18-11-8-13-6-9-16-10-7-13/h1-7,9-10,15,17H,8,11-12H2. The maximum absolute atomic E-state index is 9.45. The molecule has 1 N–H and O–H groups in total. The molecule has 0 amide bonds. The van der Waals surface area contributed by atoms with E-state index >= 15 is 0 Å². The number of nitrogens with zero attached hydrogens (tertiary/aromatic N) is 1. The molecule has 1 atom stereocenters. The molecule has 0 bridgehead atoms. The molecule has 1 aromatic carbocycles. The van der Waals surface area contributed by atoms with Gasteiger partial charge in [-0.2, -0.15) is 11.8 Å². The molecule has 2 aromatic rings. The van der Waals surface area contributed by atoms with Crippen LogP contribution in [0.5, 0.6) is 0 Å². The topological polar surface area (TPSA) is 33.1 Å². The molecular weight excluding hydrogens is 242 g/mol. The Kier molecular flexibility index (Phi) is 5.24. The van der Waals surface area contributed by atoms with Crippen LogP contribution in [0.1, 0.15) is 16.4 Å². The van der Waals surface area contributed by atoms with Crippen LogP contribution in [0.15, 0.2) is 54.9 Å². The summed E-state index contributed by atoms with van der Waals surface area (Å²) in [6, 6.07) is 14.2. The highest BCUT2D eigenvalue weighted by atomic mass is 32.2. The summed E-state index contributed by atoms with van der Waals surface area (Å²) in [6.07, 6.45) is 4.65. The van der Waals surface area contributed by atoms with E-state index in [2.05, 4.69) is 17.1 Å². The summed E-state index contributed by atoms with van der Waals surface area (Å²) < 4.78 is 0. The first-order valence-corrected chi connectivity index (χ1v) is 7.11. The van der Waals surface area contributed by atoms with Crippen molar-refractivity contribution in [3.05, 3.63) is 66.0 Å². The molecule has 0 radical (unpaired) electrons. The van der Waals surface area contributed by atoms with Gasteiger partial charge in [0.05, 0.1) is 11.9 Å². The van der Waals surface area contributed by atoms with E-state index in [4.69, 9.17) is 0 Å². The number of pyridine rings is 1. The Bertz CT molecular complexity index is 447. The van der Waals surface area contributed by atoms with Crippen molar-refractivity contribution in [1.82, 2.24) is 4.98 Å². The maximum atomic E-state index is 9.45. The zero-order chi connectivity index (χ0) is 12.6. The van der Waals surface area contributed by atoms with Crippen LogP contribution in [-0.4, -0.2) is 22.5 Å². The number of aliphatic hydroxyl groups excluding tert-OH is 1. The van der Waals surface area contributed by atoms with Gasteiger partial charge in [0, 0.05) is 12.4 Å². The number of aliphatic hydroxyl groups is 1.